The number of amides is 1. The fraction of sp³-hybridized carbons (Fsp3) is 0.348. The number of hydrogen-bond donors (Lipinski definition) is 1. The van der Waals surface area contributed by atoms with Gasteiger partial charge < -0.3 is 19.4 Å². The molecule has 34 heavy (non-hydrogen) atoms. The van der Waals surface area contributed by atoms with Crippen LogP contribution in [0.2, 0.25) is 0 Å². The van der Waals surface area contributed by atoms with Gasteiger partial charge in [0.2, 0.25) is 5.91 Å². The summed E-state index contributed by atoms with van der Waals surface area (Å²) in [6, 6.07) is 4.24. The van der Waals surface area contributed by atoms with Crippen molar-refractivity contribution in [1.82, 2.24) is 14.8 Å². The van der Waals surface area contributed by atoms with Crippen molar-refractivity contribution in [3.63, 3.8) is 0 Å². The Bertz CT molecular complexity index is 1220. The molecule has 178 valence electrons. The molecule has 11 heteroatoms. The molecular weight excluding hydrogens is 476 g/mol. The van der Waals surface area contributed by atoms with Gasteiger partial charge in [0, 0.05) is 28.6 Å². The van der Waals surface area contributed by atoms with Crippen molar-refractivity contribution in [2.24, 2.45) is 7.05 Å². The van der Waals surface area contributed by atoms with E-state index in [0.29, 0.717) is 5.16 Å². The molecule has 2 aromatic heterocycles. The lowest BCUT2D eigenvalue weighted by molar-refractivity contribution is -0.113. The monoisotopic (exact) mass is 500 g/mol. The van der Waals surface area contributed by atoms with Gasteiger partial charge in [-0.2, -0.15) is 0 Å². The van der Waals surface area contributed by atoms with Gasteiger partial charge in [-0.1, -0.05) is 11.8 Å². The predicted octanol–water partition coefficient (Wildman–Crippen LogP) is 3.73. The SMILES string of the molecule is COC(=O)c1cc(NC(=O)CSc2nnc(-c3csc4c3CCCC4)n2C)cc(C(=O)OC)c1. The van der Waals surface area contributed by atoms with Gasteiger partial charge in [-0.05, 0) is 49.4 Å². The van der Waals surface area contributed by atoms with Crippen LogP contribution in [0.4, 0.5) is 5.69 Å². The Balaban J connectivity index is 1.45. The predicted molar refractivity (Wildman–Crippen MR) is 129 cm³/mol. The first-order valence-corrected chi connectivity index (χ1v) is 12.5. The summed E-state index contributed by atoms with van der Waals surface area (Å²) in [7, 11) is 4.37. The summed E-state index contributed by atoms with van der Waals surface area (Å²) in [6.45, 7) is 0. The maximum Gasteiger partial charge on any atom is 0.337 e. The standard InChI is InChI=1S/C23H24N4O5S2/c1-27-20(17-11-33-18-7-5-4-6-16(17)18)25-26-23(27)34-12-19(28)24-15-9-13(21(29)31-2)8-14(10-15)22(30)32-3/h8-11H,4-7,12H2,1-3H3,(H,24,28). The number of nitrogens with one attached hydrogen (secondary N) is 1. The Morgan fingerprint density at radius 3 is 2.41 bits per heavy atom. The molecule has 0 fully saturated rings. The Morgan fingerprint density at radius 1 is 1.06 bits per heavy atom. The lowest BCUT2D eigenvalue weighted by Crippen LogP contribution is -2.16. The van der Waals surface area contributed by atoms with E-state index >= 15 is 0 Å². The van der Waals surface area contributed by atoms with Crippen LogP contribution in [0, 0.1) is 0 Å². The van der Waals surface area contributed by atoms with Gasteiger partial charge in [-0.15, -0.1) is 21.5 Å². The maximum atomic E-state index is 12.6. The summed E-state index contributed by atoms with van der Waals surface area (Å²) in [4.78, 5) is 37.9. The molecule has 0 saturated heterocycles. The third kappa shape index (κ3) is 5.00. The van der Waals surface area contributed by atoms with Gasteiger partial charge in [-0.3, -0.25) is 4.79 Å². The number of esters is 2. The minimum Gasteiger partial charge on any atom is -0.465 e. The van der Waals surface area contributed by atoms with E-state index in [9.17, 15) is 14.4 Å². The van der Waals surface area contributed by atoms with E-state index in [1.54, 1.807) is 11.3 Å². The van der Waals surface area contributed by atoms with Crippen LogP contribution in [0.3, 0.4) is 0 Å². The lowest BCUT2D eigenvalue weighted by Gasteiger charge is -2.12. The number of hydrogen-bond acceptors (Lipinski definition) is 9. The average molecular weight is 501 g/mol. The van der Waals surface area contributed by atoms with Gasteiger partial charge in [0.15, 0.2) is 11.0 Å². The van der Waals surface area contributed by atoms with Gasteiger partial charge in [0.25, 0.3) is 0 Å². The summed E-state index contributed by atoms with van der Waals surface area (Å²) in [5.41, 5.74) is 3.04. The first-order chi connectivity index (χ1) is 16.4. The number of nitrogens with zero attached hydrogens (tertiary/aromatic N) is 3. The molecule has 1 aliphatic carbocycles. The molecule has 0 unspecified atom stereocenters. The van der Waals surface area contributed by atoms with Crippen LogP contribution in [0.15, 0.2) is 28.7 Å². The average Bonchev–Trinajstić information content (AvgIpc) is 3.44. The Morgan fingerprint density at radius 2 is 1.74 bits per heavy atom. The number of thiophene rings is 1. The van der Waals surface area contributed by atoms with Crippen molar-refractivity contribution in [2.75, 3.05) is 25.3 Å². The number of aryl methyl sites for hydroxylation is 1. The van der Waals surface area contributed by atoms with Gasteiger partial charge in [-0.25, -0.2) is 9.59 Å². The highest BCUT2D eigenvalue weighted by molar-refractivity contribution is 7.99. The molecule has 0 radical (unpaired) electrons. The van der Waals surface area contributed by atoms with Crippen molar-refractivity contribution in [3.05, 3.63) is 45.1 Å². The fourth-order valence-corrected chi connectivity index (χ4v) is 5.69. The topological polar surface area (TPSA) is 112 Å². The number of aromatic nitrogens is 3. The van der Waals surface area contributed by atoms with E-state index in [2.05, 4.69) is 20.9 Å². The Hall–Kier alpha value is -3.18. The third-order valence-corrected chi connectivity index (χ3v) is 7.64. The highest BCUT2D eigenvalue weighted by Crippen LogP contribution is 2.36. The summed E-state index contributed by atoms with van der Waals surface area (Å²) in [5, 5.41) is 14.1. The van der Waals surface area contributed by atoms with Crippen molar-refractivity contribution in [2.45, 2.75) is 30.8 Å². The van der Waals surface area contributed by atoms with Crippen molar-refractivity contribution in [1.29, 1.82) is 0 Å². The molecule has 0 atom stereocenters. The number of carbonyl (C=O) groups is 3. The zero-order valence-electron chi connectivity index (χ0n) is 19.0. The lowest BCUT2D eigenvalue weighted by atomic mass is 9.96. The summed E-state index contributed by atoms with van der Waals surface area (Å²) >= 11 is 3.03. The number of benzene rings is 1. The normalized spacial score (nSPS) is 12.7. The van der Waals surface area contributed by atoms with Gasteiger partial charge in [0.05, 0.1) is 31.1 Å². The number of anilines is 1. The van der Waals surface area contributed by atoms with E-state index in [1.807, 2.05) is 11.6 Å². The number of carbonyl (C=O) groups excluding carboxylic acids is 3. The summed E-state index contributed by atoms with van der Waals surface area (Å²) < 4.78 is 11.4. The fourth-order valence-electron chi connectivity index (χ4n) is 3.85. The van der Waals surface area contributed by atoms with Gasteiger partial charge in [0.1, 0.15) is 0 Å². The smallest absolute Gasteiger partial charge is 0.337 e. The second-order valence-electron chi connectivity index (χ2n) is 7.74. The number of ether oxygens (including phenoxy) is 2. The van der Waals surface area contributed by atoms with Crippen LogP contribution < -0.4 is 5.32 Å². The minimum absolute atomic E-state index is 0.0731. The summed E-state index contributed by atoms with van der Waals surface area (Å²) in [5.74, 6) is -0.698. The number of rotatable bonds is 7. The van der Waals surface area contributed by atoms with Crippen LogP contribution in [-0.4, -0.2) is 52.6 Å². The molecule has 1 N–H and O–H groups in total. The first kappa shape index (κ1) is 24.0. The second-order valence-corrected chi connectivity index (χ2v) is 9.65. The van der Waals surface area contributed by atoms with E-state index in [1.165, 1.54) is 67.5 Å². The molecule has 0 bridgehead atoms. The molecule has 4 rings (SSSR count). The molecule has 1 amide bonds. The first-order valence-electron chi connectivity index (χ1n) is 10.6. The zero-order chi connectivity index (χ0) is 24.2. The number of methoxy groups -OCH3 is 2. The van der Waals surface area contributed by atoms with E-state index in [4.69, 9.17) is 9.47 Å². The van der Waals surface area contributed by atoms with Crippen LogP contribution in [0.25, 0.3) is 11.4 Å². The van der Waals surface area contributed by atoms with Crippen molar-refractivity contribution < 1.29 is 23.9 Å². The summed E-state index contributed by atoms with van der Waals surface area (Å²) in [6.07, 6.45) is 4.59. The molecule has 1 aliphatic rings. The number of fused-ring (bicyclic) bond motifs is 1. The molecule has 2 heterocycles. The van der Waals surface area contributed by atoms with Crippen LogP contribution in [0.5, 0.6) is 0 Å². The van der Waals surface area contributed by atoms with E-state index < -0.39 is 11.9 Å². The van der Waals surface area contributed by atoms with Crippen molar-refractivity contribution >= 4 is 46.6 Å². The highest BCUT2D eigenvalue weighted by atomic mass is 32.2. The zero-order valence-corrected chi connectivity index (χ0v) is 20.7. The van der Waals surface area contributed by atoms with Crippen LogP contribution >= 0.6 is 23.1 Å². The molecule has 9 nitrogen and oxygen atoms in total. The van der Waals surface area contributed by atoms with Crippen molar-refractivity contribution in [3.8, 4) is 11.4 Å². The van der Waals surface area contributed by atoms with Crippen LogP contribution in [-0.2, 0) is 34.2 Å². The molecular formula is C23H24N4O5S2. The quantitative estimate of drug-likeness (QED) is 0.386. The van der Waals surface area contributed by atoms with Gasteiger partial charge >= 0.3 is 11.9 Å². The van der Waals surface area contributed by atoms with E-state index in [-0.39, 0.29) is 28.5 Å². The largest absolute Gasteiger partial charge is 0.465 e. The second kappa shape index (κ2) is 10.4. The maximum absolute atomic E-state index is 12.6. The molecule has 3 aromatic rings. The van der Waals surface area contributed by atoms with E-state index in [0.717, 1.165) is 24.2 Å². The minimum atomic E-state index is -0.627. The third-order valence-electron chi connectivity index (χ3n) is 5.53. The molecule has 1 aromatic carbocycles. The molecule has 0 spiro atoms. The Kier molecular flexibility index (Phi) is 7.32. The molecule has 0 saturated carbocycles. The Labute approximate surface area is 204 Å². The van der Waals surface area contributed by atoms with Crippen LogP contribution in [0.1, 0.15) is 44.0 Å². The highest BCUT2D eigenvalue weighted by Gasteiger charge is 2.21. The molecule has 0 aliphatic heterocycles. The number of thioether (sulfide) groups is 1.